The van der Waals surface area contributed by atoms with Gasteiger partial charge in [0.1, 0.15) is 11.5 Å². The molecule has 0 heterocycles. The van der Waals surface area contributed by atoms with E-state index in [1.54, 1.807) is 30.8 Å². The standard InChI is InChI=1S/C20H26ClN3O2S/c1-6-23-27(5,25)17-10-8-9-16(12-17)26-20-13-18(21)19(11-15(20)3)22-14-24(4)7-2/h8-14H,6-7H2,1-5H3. The quantitative estimate of drug-likeness (QED) is 0.448. The number of nitrogens with zero attached hydrogens (tertiary/aromatic N) is 3. The molecule has 0 fully saturated rings. The van der Waals surface area contributed by atoms with Gasteiger partial charge in [0.2, 0.25) is 0 Å². The molecule has 1 atom stereocenters. The summed E-state index contributed by atoms with van der Waals surface area (Å²) in [4.78, 5) is 7.03. The fourth-order valence-corrected chi connectivity index (χ4v) is 3.83. The Morgan fingerprint density at radius 1 is 1.26 bits per heavy atom. The van der Waals surface area contributed by atoms with Gasteiger partial charge in [-0.25, -0.2) is 13.6 Å². The number of hydrogen-bond donors (Lipinski definition) is 0. The minimum atomic E-state index is -2.42. The van der Waals surface area contributed by atoms with Crippen LogP contribution in [0.15, 0.2) is 50.6 Å². The highest BCUT2D eigenvalue weighted by molar-refractivity contribution is 7.93. The first-order valence-electron chi connectivity index (χ1n) is 8.77. The minimum absolute atomic E-state index is 0.504. The Labute approximate surface area is 167 Å². The highest BCUT2D eigenvalue weighted by atomic mass is 35.5. The second-order valence-electron chi connectivity index (χ2n) is 6.21. The summed E-state index contributed by atoms with van der Waals surface area (Å²) in [7, 11) is -0.473. The molecular weight excluding hydrogens is 382 g/mol. The second-order valence-corrected chi connectivity index (χ2v) is 8.95. The molecule has 1 unspecified atom stereocenters. The van der Waals surface area contributed by atoms with Gasteiger partial charge < -0.3 is 9.64 Å². The van der Waals surface area contributed by atoms with E-state index in [2.05, 4.69) is 9.36 Å². The fraction of sp³-hybridized carbons (Fsp3) is 0.350. The third kappa shape index (κ3) is 5.71. The number of rotatable bonds is 7. The Hall–Kier alpha value is -2.05. The summed E-state index contributed by atoms with van der Waals surface area (Å²) < 4.78 is 22.8. The molecule has 2 aromatic rings. The average Bonchev–Trinajstić information content (AvgIpc) is 2.63. The van der Waals surface area contributed by atoms with Gasteiger partial charge in [-0.05, 0) is 50.6 Å². The van der Waals surface area contributed by atoms with Gasteiger partial charge >= 0.3 is 0 Å². The van der Waals surface area contributed by atoms with E-state index in [0.29, 0.717) is 33.6 Å². The lowest BCUT2D eigenvalue weighted by molar-refractivity contribution is 0.477. The van der Waals surface area contributed by atoms with Crippen LogP contribution in [-0.4, -0.2) is 41.8 Å². The minimum Gasteiger partial charge on any atom is -0.457 e. The van der Waals surface area contributed by atoms with Crippen LogP contribution in [0.3, 0.4) is 0 Å². The molecule has 5 nitrogen and oxygen atoms in total. The fourth-order valence-electron chi connectivity index (χ4n) is 2.32. The molecule has 0 aliphatic carbocycles. The third-order valence-corrected chi connectivity index (χ3v) is 6.17. The van der Waals surface area contributed by atoms with Gasteiger partial charge in [0.15, 0.2) is 0 Å². The van der Waals surface area contributed by atoms with Crippen LogP contribution >= 0.6 is 11.6 Å². The van der Waals surface area contributed by atoms with Gasteiger partial charge in [-0.15, -0.1) is 0 Å². The summed E-state index contributed by atoms with van der Waals surface area (Å²) in [5.74, 6) is 1.23. The molecule has 0 spiro atoms. The normalized spacial score (nSPS) is 13.4. The van der Waals surface area contributed by atoms with E-state index in [4.69, 9.17) is 16.3 Å². The molecule has 0 N–H and O–H groups in total. The molecule has 0 aromatic heterocycles. The predicted molar refractivity (Wildman–Crippen MR) is 114 cm³/mol. The van der Waals surface area contributed by atoms with Crippen molar-refractivity contribution in [3.63, 3.8) is 0 Å². The summed E-state index contributed by atoms with van der Waals surface area (Å²) >= 11 is 6.37. The zero-order valence-electron chi connectivity index (χ0n) is 16.4. The first kappa shape index (κ1) is 21.3. The Bertz CT molecular complexity index is 950. The molecule has 7 heteroatoms. The van der Waals surface area contributed by atoms with Crippen LogP contribution in [-0.2, 0) is 9.73 Å². The summed E-state index contributed by atoms with van der Waals surface area (Å²) in [6.45, 7) is 7.23. The van der Waals surface area contributed by atoms with Gasteiger partial charge in [-0.2, -0.15) is 0 Å². The molecule has 0 aliphatic heterocycles. The smallest absolute Gasteiger partial charge is 0.131 e. The second kappa shape index (κ2) is 9.24. The van der Waals surface area contributed by atoms with Crippen LogP contribution in [0.5, 0.6) is 11.5 Å². The Balaban J connectivity index is 2.31. The number of ether oxygens (including phenoxy) is 1. The van der Waals surface area contributed by atoms with Crippen LogP contribution in [0.4, 0.5) is 5.69 Å². The van der Waals surface area contributed by atoms with Gasteiger partial charge in [-0.3, -0.25) is 0 Å². The largest absolute Gasteiger partial charge is 0.457 e. The van der Waals surface area contributed by atoms with Crippen molar-refractivity contribution in [2.45, 2.75) is 25.7 Å². The molecule has 146 valence electrons. The first-order chi connectivity index (χ1) is 12.8. The van der Waals surface area contributed by atoms with Crippen molar-refractivity contribution in [1.29, 1.82) is 0 Å². The molecule has 2 rings (SSSR count). The van der Waals surface area contributed by atoms with E-state index in [1.165, 1.54) is 0 Å². The molecule has 0 radical (unpaired) electrons. The van der Waals surface area contributed by atoms with Crippen LogP contribution in [0, 0.1) is 6.92 Å². The summed E-state index contributed by atoms with van der Waals surface area (Å²) in [6, 6.07) is 10.8. The van der Waals surface area contributed by atoms with Crippen LogP contribution in [0.2, 0.25) is 5.02 Å². The van der Waals surface area contributed by atoms with E-state index >= 15 is 0 Å². The van der Waals surface area contributed by atoms with E-state index in [0.717, 1.165) is 12.1 Å². The number of benzene rings is 2. The van der Waals surface area contributed by atoms with Crippen molar-refractivity contribution in [1.82, 2.24) is 4.90 Å². The molecule has 27 heavy (non-hydrogen) atoms. The Morgan fingerprint density at radius 3 is 2.67 bits per heavy atom. The maximum atomic E-state index is 12.6. The lowest BCUT2D eigenvalue weighted by Crippen LogP contribution is -2.14. The van der Waals surface area contributed by atoms with Crippen LogP contribution < -0.4 is 4.74 Å². The van der Waals surface area contributed by atoms with Crippen LogP contribution in [0.25, 0.3) is 0 Å². The topological polar surface area (TPSA) is 54.3 Å². The summed E-state index contributed by atoms with van der Waals surface area (Å²) in [5.41, 5.74) is 1.60. The van der Waals surface area contributed by atoms with Crippen molar-refractivity contribution >= 4 is 33.4 Å². The van der Waals surface area contributed by atoms with Gasteiger partial charge in [0.05, 0.1) is 31.7 Å². The Morgan fingerprint density at radius 2 is 2.00 bits per heavy atom. The van der Waals surface area contributed by atoms with E-state index in [1.807, 2.05) is 50.9 Å². The third-order valence-electron chi connectivity index (χ3n) is 3.98. The summed E-state index contributed by atoms with van der Waals surface area (Å²) in [6.07, 6.45) is 3.39. The van der Waals surface area contributed by atoms with Crippen molar-refractivity contribution in [3.8, 4) is 11.5 Å². The number of halogens is 1. The number of aliphatic imine (C=N–C) groups is 1. The molecule has 2 aromatic carbocycles. The summed E-state index contributed by atoms with van der Waals surface area (Å²) in [5, 5.41) is 0.507. The van der Waals surface area contributed by atoms with Crippen molar-refractivity contribution < 1.29 is 8.95 Å². The zero-order chi connectivity index (χ0) is 20.0. The zero-order valence-corrected chi connectivity index (χ0v) is 18.0. The highest BCUT2D eigenvalue weighted by Gasteiger charge is 2.10. The average molecular weight is 408 g/mol. The molecule has 0 aliphatic rings. The molecule has 0 amide bonds. The first-order valence-corrected chi connectivity index (χ1v) is 11.1. The maximum Gasteiger partial charge on any atom is 0.131 e. The van der Waals surface area contributed by atoms with Gasteiger partial charge in [0.25, 0.3) is 0 Å². The maximum absolute atomic E-state index is 12.6. The number of aryl methyl sites for hydroxylation is 1. The van der Waals surface area contributed by atoms with Crippen molar-refractivity contribution in [2.24, 2.45) is 9.36 Å². The lowest BCUT2D eigenvalue weighted by atomic mass is 10.2. The van der Waals surface area contributed by atoms with E-state index in [-0.39, 0.29) is 0 Å². The van der Waals surface area contributed by atoms with Gasteiger partial charge in [0, 0.05) is 32.5 Å². The van der Waals surface area contributed by atoms with E-state index < -0.39 is 9.73 Å². The van der Waals surface area contributed by atoms with Gasteiger partial charge in [-0.1, -0.05) is 17.7 Å². The van der Waals surface area contributed by atoms with E-state index in [9.17, 15) is 4.21 Å². The highest BCUT2D eigenvalue weighted by Crippen LogP contribution is 2.35. The SMILES string of the molecule is CCN=S(C)(=O)c1cccc(Oc2cc(Cl)c(N=CN(C)CC)cc2C)c1. The lowest BCUT2D eigenvalue weighted by Gasteiger charge is -2.13. The van der Waals surface area contributed by atoms with Crippen molar-refractivity contribution in [2.75, 3.05) is 26.4 Å². The molecule has 0 saturated heterocycles. The van der Waals surface area contributed by atoms with Crippen molar-refractivity contribution in [3.05, 3.63) is 47.0 Å². The van der Waals surface area contributed by atoms with Crippen LogP contribution in [0.1, 0.15) is 19.4 Å². The Kier molecular flexibility index (Phi) is 7.27. The monoisotopic (exact) mass is 407 g/mol. The molecule has 0 bridgehead atoms. The number of hydrogen-bond acceptors (Lipinski definition) is 4. The molecule has 0 saturated carbocycles. The predicted octanol–water partition coefficient (Wildman–Crippen LogP) is 5.53. The molecular formula is C20H26ClN3O2S.